The van der Waals surface area contributed by atoms with Crippen LogP contribution in [0.2, 0.25) is 0 Å². The predicted octanol–water partition coefficient (Wildman–Crippen LogP) is 3.34. The minimum absolute atomic E-state index is 0.272. The number of aliphatic hydroxyl groups is 1. The molecule has 0 spiro atoms. The zero-order chi connectivity index (χ0) is 17.4. The Morgan fingerprint density at radius 2 is 1.67 bits per heavy atom. The van der Waals surface area contributed by atoms with E-state index in [0.717, 1.165) is 31.4 Å². The first-order chi connectivity index (χ1) is 11.6. The lowest BCUT2D eigenvalue weighted by Crippen LogP contribution is -2.26. The summed E-state index contributed by atoms with van der Waals surface area (Å²) in [5.41, 5.74) is 4.01. The number of nitrogens with zero attached hydrogens (tertiary/aromatic N) is 1. The fourth-order valence-electron chi connectivity index (χ4n) is 2.99. The number of likely N-dealkylation sites (N-methyl/N-ethyl adjacent to an activating group) is 1. The molecular formula is C21H29NO2. The van der Waals surface area contributed by atoms with Gasteiger partial charge in [0.15, 0.2) is 0 Å². The molecular weight excluding hydrogens is 298 g/mol. The fourth-order valence-corrected chi connectivity index (χ4v) is 2.99. The van der Waals surface area contributed by atoms with Crippen LogP contribution in [0.5, 0.6) is 5.75 Å². The van der Waals surface area contributed by atoms with Gasteiger partial charge in [0.2, 0.25) is 0 Å². The molecule has 130 valence electrons. The van der Waals surface area contributed by atoms with Gasteiger partial charge in [0.1, 0.15) is 5.75 Å². The first kappa shape index (κ1) is 18.5. The summed E-state index contributed by atoms with van der Waals surface area (Å²) in [6.45, 7) is 0.714. The SMILES string of the molecule is COc1cccc(CCc2ccccc2CC[C@H](O)CN(C)C)c1. The predicted molar refractivity (Wildman–Crippen MR) is 99.7 cm³/mol. The van der Waals surface area contributed by atoms with Crippen molar-refractivity contribution >= 4 is 0 Å². The minimum atomic E-state index is -0.272. The second kappa shape index (κ2) is 9.45. The van der Waals surface area contributed by atoms with E-state index in [1.807, 2.05) is 31.1 Å². The molecule has 2 aromatic rings. The maximum Gasteiger partial charge on any atom is 0.119 e. The van der Waals surface area contributed by atoms with Crippen LogP contribution in [0.4, 0.5) is 0 Å². The Labute approximate surface area is 145 Å². The largest absolute Gasteiger partial charge is 0.497 e. The molecule has 0 saturated carbocycles. The van der Waals surface area contributed by atoms with Crippen LogP contribution in [0.25, 0.3) is 0 Å². The highest BCUT2D eigenvalue weighted by Gasteiger charge is 2.08. The Kier molecular flexibility index (Phi) is 7.29. The van der Waals surface area contributed by atoms with Crippen LogP contribution < -0.4 is 4.74 Å². The number of methoxy groups -OCH3 is 1. The van der Waals surface area contributed by atoms with Gasteiger partial charge < -0.3 is 14.7 Å². The number of hydrogen-bond donors (Lipinski definition) is 1. The molecule has 0 unspecified atom stereocenters. The normalized spacial score (nSPS) is 12.4. The summed E-state index contributed by atoms with van der Waals surface area (Å²) >= 11 is 0. The first-order valence-electron chi connectivity index (χ1n) is 8.61. The molecule has 3 nitrogen and oxygen atoms in total. The average molecular weight is 327 g/mol. The van der Waals surface area contributed by atoms with Crippen LogP contribution in [-0.4, -0.2) is 43.9 Å². The smallest absolute Gasteiger partial charge is 0.119 e. The van der Waals surface area contributed by atoms with Crippen molar-refractivity contribution in [3.63, 3.8) is 0 Å². The maximum atomic E-state index is 10.1. The van der Waals surface area contributed by atoms with Crippen molar-refractivity contribution in [1.82, 2.24) is 4.90 Å². The Balaban J connectivity index is 1.95. The van der Waals surface area contributed by atoms with Gasteiger partial charge in [0, 0.05) is 6.54 Å². The van der Waals surface area contributed by atoms with Crippen molar-refractivity contribution in [2.45, 2.75) is 31.8 Å². The number of benzene rings is 2. The lowest BCUT2D eigenvalue weighted by atomic mass is 9.96. The van der Waals surface area contributed by atoms with Crippen LogP contribution in [0, 0.1) is 0 Å². The van der Waals surface area contributed by atoms with Gasteiger partial charge in [-0.05, 0) is 68.6 Å². The van der Waals surface area contributed by atoms with E-state index in [2.05, 4.69) is 36.4 Å². The molecule has 2 aromatic carbocycles. The molecule has 0 bridgehead atoms. The zero-order valence-corrected chi connectivity index (χ0v) is 15.0. The van der Waals surface area contributed by atoms with Crippen molar-refractivity contribution in [2.75, 3.05) is 27.7 Å². The van der Waals surface area contributed by atoms with Gasteiger partial charge in [0.05, 0.1) is 13.2 Å². The molecule has 3 heteroatoms. The van der Waals surface area contributed by atoms with Gasteiger partial charge in [-0.2, -0.15) is 0 Å². The van der Waals surface area contributed by atoms with E-state index in [4.69, 9.17) is 4.74 Å². The molecule has 0 aliphatic carbocycles. The number of rotatable bonds is 9. The molecule has 24 heavy (non-hydrogen) atoms. The fraction of sp³-hybridized carbons (Fsp3) is 0.429. The van der Waals surface area contributed by atoms with Crippen molar-refractivity contribution < 1.29 is 9.84 Å². The number of aliphatic hydroxyl groups excluding tert-OH is 1. The second-order valence-electron chi connectivity index (χ2n) is 6.57. The third-order valence-electron chi connectivity index (χ3n) is 4.26. The van der Waals surface area contributed by atoms with E-state index < -0.39 is 0 Å². The third kappa shape index (κ3) is 5.99. The highest BCUT2D eigenvalue weighted by atomic mass is 16.5. The molecule has 0 heterocycles. The Bertz CT molecular complexity index is 625. The van der Waals surface area contributed by atoms with E-state index in [1.54, 1.807) is 7.11 Å². The molecule has 0 aromatic heterocycles. The van der Waals surface area contributed by atoms with Gasteiger partial charge in [-0.1, -0.05) is 36.4 Å². The minimum Gasteiger partial charge on any atom is -0.497 e. The quantitative estimate of drug-likeness (QED) is 0.767. The topological polar surface area (TPSA) is 32.7 Å². The lowest BCUT2D eigenvalue weighted by Gasteiger charge is -2.17. The van der Waals surface area contributed by atoms with Gasteiger partial charge >= 0.3 is 0 Å². The summed E-state index contributed by atoms with van der Waals surface area (Å²) in [5.74, 6) is 0.910. The summed E-state index contributed by atoms with van der Waals surface area (Å²) in [4.78, 5) is 2.03. The second-order valence-corrected chi connectivity index (χ2v) is 6.57. The van der Waals surface area contributed by atoms with E-state index in [9.17, 15) is 5.11 Å². The molecule has 0 amide bonds. The summed E-state index contributed by atoms with van der Waals surface area (Å²) in [7, 11) is 5.68. The van der Waals surface area contributed by atoms with Crippen LogP contribution in [0.3, 0.4) is 0 Å². The number of hydrogen-bond acceptors (Lipinski definition) is 3. The maximum absolute atomic E-state index is 10.1. The molecule has 0 radical (unpaired) electrons. The summed E-state index contributed by atoms with van der Waals surface area (Å²) in [5, 5.41) is 10.1. The van der Waals surface area contributed by atoms with Crippen LogP contribution in [-0.2, 0) is 19.3 Å². The Morgan fingerprint density at radius 3 is 2.33 bits per heavy atom. The summed E-state index contributed by atoms with van der Waals surface area (Å²) < 4.78 is 5.30. The van der Waals surface area contributed by atoms with E-state index in [1.165, 1.54) is 16.7 Å². The lowest BCUT2D eigenvalue weighted by molar-refractivity contribution is 0.128. The number of aryl methyl sites for hydroxylation is 3. The van der Waals surface area contributed by atoms with Crippen LogP contribution in [0.15, 0.2) is 48.5 Å². The zero-order valence-electron chi connectivity index (χ0n) is 15.0. The summed E-state index contributed by atoms with van der Waals surface area (Å²) in [6.07, 6.45) is 3.45. The molecule has 0 aliphatic rings. The monoisotopic (exact) mass is 327 g/mol. The van der Waals surface area contributed by atoms with Gasteiger partial charge in [-0.15, -0.1) is 0 Å². The highest BCUT2D eigenvalue weighted by molar-refractivity contribution is 5.31. The van der Waals surface area contributed by atoms with Gasteiger partial charge in [0.25, 0.3) is 0 Å². The third-order valence-corrected chi connectivity index (χ3v) is 4.26. The Hall–Kier alpha value is -1.84. The number of ether oxygens (including phenoxy) is 1. The van der Waals surface area contributed by atoms with Crippen LogP contribution >= 0.6 is 0 Å². The first-order valence-corrected chi connectivity index (χ1v) is 8.61. The van der Waals surface area contributed by atoms with Crippen LogP contribution in [0.1, 0.15) is 23.1 Å². The molecule has 0 aliphatic heterocycles. The molecule has 2 rings (SSSR count). The average Bonchev–Trinajstić information content (AvgIpc) is 2.58. The van der Waals surface area contributed by atoms with Crippen molar-refractivity contribution in [3.8, 4) is 5.75 Å². The standard InChI is InChI=1S/C21H29NO2/c1-22(2)16-20(23)14-13-19-9-5-4-8-18(19)12-11-17-7-6-10-21(15-17)24-3/h4-10,15,20,23H,11-14,16H2,1-3H3/t20-/m0/s1. The van der Waals surface area contributed by atoms with Crippen molar-refractivity contribution in [3.05, 3.63) is 65.2 Å². The molecule has 0 saturated heterocycles. The van der Waals surface area contributed by atoms with Gasteiger partial charge in [-0.3, -0.25) is 0 Å². The van der Waals surface area contributed by atoms with E-state index in [-0.39, 0.29) is 6.10 Å². The van der Waals surface area contributed by atoms with E-state index in [0.29, 0.717) is 6.54 Å². The van der Waals surface area contributed by atoms with E-state index >= 15 is 0 Å². The molecule has 0 fully saturated rings. The molecule has 1 atom stereocenters. The van der Waals surface area contributed by atoms with Crippen molar-refractivity contribution in [2.24, 2.45) is 0 Å². The molecule has 1 N–H and O–H groups in total. The highest BCUT2D eigenvalue weighted by Crippen LogP contribution is 2.18. The van der Waals surface area contributed by atoms with Crippen molar-refractivity contribution in [1.29, 1.82) is 0 Å². The summed E-state index contributed by atoms with van der Waals surface area (Å²) in [6, 6.07) is 16.8. The van der Waals surface area contributed by atoms with Gasteiger partial charge in [-0.25, -0.2) is 0 Å². The Morgan fingerprint density at radius 1 is 0.958 bits per heavy atom.